The molecule has 1 atom stereocenters. The molecule has 0 amide bonds. The molecule has 0 aliphatic carbocycles. The van der Waals surface area contributed by atoms with Gasteiger partial charge in [0.25, 0.3) is 0 Å². The maximum Gasteiger partial charge on any atom is 0.126 e. The molecule has 3 heteroatoms. The number of aryl methyl sites for hydroxylation is 1. The Labute approximate surface area is 115 Å². The number of aliphatic hydroxyl groups excluding tert-OH is 1. The molecule has 0 heterocycles. The molecule has 1 unspecified atom stereocenters. The summed E-state index contributed by atoms with van der Waals surface area (Å²) in [6.45, 7) is 14.1. The first-order valence-electron chi connectivity index (χ1n) is 6.55. The van der Waals surface area contributed by atoms with E-state index in [1.54, 1.807) is 19.9 Å². The van der Waals surface area contributed by atoms with E-state index < -0.39 is 6.10 Å². The standard InChI is InChI=1S/C16H24FNO/c1-7-8-18(16(4,5)6)15-9-11(2)14(17)10-13(15)12(3)19/h7,9-10,12,19H,1,8H2,2-6H3. The lowest BCUT2D eigenvalue weighted by atomic mass is 9.98. The fourth-order valence-electron chi connectivity index (χ4n) is 2.11. The van der Waals surface area contributed by atoms with Crippen LogP contribution in [0.1, 0.15) is 44.9 Å². The van der Waals surface area contributed by atoms with Gasteiger partial charge >= 0.3 is 0 Å². The second-order valence-electron chi connectivity index (χ2n) is 5.91. The number of hydrogen-bond acceptors (Lipinski definition) is 2. The van der Waals surface area contributed by atoms with Crippen molar-refractivity contribution in [3.8, 4) is 0 Å². The predicted molar refractivity (Wildman–Crippen MR) is 79.1 cm³/mol. The van der Waals surface area contributed by atoms with Crippen molar-refractivity contribution in [2.75, 3.05) is 11.4 Å². The van der Waals surface area contributed by atoms with Crippen LogP contribution in [0, 0.1) is 12.7 Å². The van der Waals surface area contributed by atoms with Crippen LogP contribution in [-0.2, 0) is 0 Å². The molecule has 106 valence electrons. The summed E-state index contributed by atoms with van der Waals surface area (Å²) in [5.41, 5.74) is 1.92. The van der Waals surface area contributed by atoms with Gasteiger partial charge in [-0.05, 0) is 52.3 Å². The minimum absolute atomic E-state index is 0.137. The number of rotatable bonds is 4. The quantitative estimate of drug-likeness (QED) is 0.832. The average molecular weight is 265 g/mol. The SMILES string of the molecule is C=CCN(c1cc(C)c(F)cc1C(C)O)C(C)(C)C. The minimum Gasteiger partial charge on any atom is -0.389 e. The van der Waals surface area contributed by atoms with E-state index in [1.165, 1.54) is 6.07 Å². The van der Waals surface area contributed by atoms with Crippen molar-refractivity contribution in [3.63, 3.8) is 0 Å². The van der Waals surface area contributed by atoms with Gasteiger partial charge in [0.1, 0.15) is 5.82 Å². The third kappa shape index (κ3) is 3.57. The number of halogens is 1. The monoisotopic (exact) mass is 265 g/mol. The molecule has 2 nitrogen and oxygen atoms in total. The Kier molecular flexibility index (Phi) is 4.75. The van der Waals surface area contributed by atoms with Crippen molar-refractivity contribution >= 4 is 5.69 Å². The van der Waals surface area contributed by atoms with Crippen molar-refractivity contribution in [1.82, 2.24) is 0 Å². The fourth-order valence-corrected chi connectivity index (χ4v) is 2.11. The summed E-state index contributed by atoms with van der Waals surface area (Å²) in [6.07, 6.45) is 1.11. The van der Waals surface area contributed by atoms with Crippen molar-refractivity contribution in [2.45, 2.75) is 46.3 Å². The Morgan fingerprint density at radius 3 is 2.42 bits per heavy atom. The summed E-state index contributed by atoms with van der Waals surface area (Å²) in [5, 5.41) is 9.88. The van der Waals surface area contributed by atoms with E-state index in [0.29, 0.717) is 17.7 Å². The molecule has 0 radical (unpaired) electrons. The summed E-state index contributed by atoms with van der Waals surface area (Å²) < 4.78 is 13.7. The Morgan fingerprint density at radius 1 is 1.42 bits per heavy atom. The van der Waals surface area contributed by atoms with Gasteiger partial charge < -0.3 is 10.0 Å². The van der Waals surface area contributed by atoms with Crippen LogP contribution in [0.5, 0.6) is 0 Å². The number of hydrogen-bond donors (Lipinski definition) is 1. The highest BCUT2D eigenvalue weighted by Gasteiger charge is 2.25. The number of aliphatic hydroxyl groups is 1. The van der Waals surface area contributed by atoms with Gasteiger partial charge in [0.15, 0.2) is 0 Å². The Hall–Kier alpha value is -1.35. The first kappa shape index (κ1) is 15.7. The van der Waals surface area contributed by atoms with E-state index in [1.807, 2.05) is 6.08 Å². The zero-order valence-electron chi connectivity index (χ0n) is 12.5. The molecule has 0 saturated carbocycles. The lowest BCUT2D eigenvalue weighted by molar-refractivity contribution is 0.199. The number of nitrogens with zero attached hydrogens (tertiary/aromatic N) is 1. The second-order valence-corrected chi connectivity index (χ2v) is 5.91. The molecule has 1 aromatic rings. The average Bonchev–Trinajstić information content (AvgIpc) is 2.27. The van der Waals surface area contributed by atoms with Crippen LogP contribution >= 0.6 is 0 Å². The van der Waals surface area contributed by atoms with Gasteiger partial charge in [-0.25, -0.2) is 4.39 Å². The van der Waals surface area contributed by atoms with Crippen LogP contribution in [0.3, 0.4) is 0 Å². The highest BCUT2D eigenvalue weighted by atomic mass is 19.1. The van der Waals surface area contributed by atoms with Crippen LogP contribution in [0.25, 0.3) is 0 Å². The van der Waals surface area contributed by atoms with Gasteiger partial charge in [0, 0.05) is 23.3 Å². The summed E-state index contributed by atoms with van der Waals surface area (Å²) in [4.78, 5) is 2.12. The molecule has 19 heavy (non-hydrogen) atoms. The first-order valence-corrected chi connectivity index (χ1v) is 6.55. The van der Waals surface area contributed by atoms with Crippen molar-refractivity contribution in [1.29, 1.82) is 0 Å². The molecule has 0 saturated heterocycles. The van der Waals surface area contributed by atoms with Crippen molar-refractivity contribution in [3.05, 3.63) is 41.7 Å². The van der Waals surface area contributed by atoms with Gasteiger partial charge in [0.2, 0.25) is 0 Å². The lowest BCUT2D eigenvalue weighted by Crippen LogP contribution is -2.42. The van der Waals surface area contributed by atoms with Gasteiger partial charge in [-0.1, -0.05) is 6.08 Å². The van der Waals surface area contributed by atoms with Crippen molar-refractivity contribution < 1.29 is 9.50 Å². The summed E-state index contributed by atoms with van der Waals surface area (Å²) in [7, 11) is 0. The minimum atomic E-state index is -0.709. The summed E-state index contributed by atoms with van der Waals surface area (Å²) in [6, 6.07) is 3.23. The Bertz CT molecular complexity index is 461. The van der Waals surface area contributed by atoms with Gasteiger partial charge in [-0.15, -0.1) is 6.58 Å². The van der Waals surface area contributed by atoms with Crippen LogP contribution in [0.4, 0.5) is 10.1 Å². The molecule has 0 aliphatic rings. The van der Waals surface area contributed by atoms with E-state index in [4.69, 9.17) is 0 Å². The van der Waals surface area contributed by atoms with E-state index in [2.05, 4.69) is 32.3 Å². The smallest absolute Gasteiger partial charge is 0.126 e. The molecule has 1 N–H and O–H groups in total. The fraction of sp³-hybridized carbons (Fsp3) is 0.500. The molecule has 0 aromatic heterocycles. The summed E-state index contributed by atoms with van der Waals surface area (Å²) >= 11 is 0. The Morgan fingerprint density at radius 2 is 2.00 bits per heavy atom. The molecular formula is C16H24FNO. The van der Waals surface area contributed by atoms with E-state index in [0.717, 1.165) is 5.69 Å². The lowest BCUT2D eigenvalue weighted by Gasteiger charge is -2.39. The molecule has 0 spiro atoms. The third-order valence-corrected chi connectivity index (χ3v) is 3.17. The van der Waals surface area contributed by atoms with E-state index in [9.17, 15) is 9.50 Å². The highest BCUT2D eigenvalue weighted by molar-refractivity contribution is 5.58. The maximum atomic E-state index is 13.7. The zero-order valence-corrected chi connectivity index (χ0v) is 12.5. The maximum absolute atomic E-state index is 13.7. The van der Waals surface area contributed by atoms with Gasteiger partial charge in [-0.3, -0.25) is 0 Å². The topological polar surface area (TPSA) is 23.5 Å². The van der Waals surface area contributed by atoms with E-state index >= 15 is 0 Å². The number of benzene rings is 1. The van der Waals surface area contributed by atoms with Crippen LogP contribution in [-0.4, -0.2) is 17.2 Å². The van der Waals surface area contributed by atoms with E-state index in [-0.39, 0.29) is 11.4 Å². The largest absolute Gasteiger partial charge is 0.389 e. The Balaban J connectivity index is 3.44. The third-order valence-electron chi connectivity index (χ3n) is 3.17. The molecular weight excluding hydrogens is 241 g/mol. The van der Waals surface area contributed by atoms with Crippen LogP contribution in [0.2, 0.25) is 0 Å². The first-order chi connectivity index (χ1) is 8.68. The molecule has 0 fully saturated rings. The normalized spacial score (nSPS) is 13.2. The molecule has 1 aromatic carbocycles. The highest BCUT2D eigenvalue weighted by Crippen LogP contribution is 2.33. The molecule has 1 rings (SSSR count). The molecule has 0 bridgehead atoms. The second kappa shape index (κ2) is 5.74. The van der Waals surface area contributed by atoms with Gasteiger partial charge in [0.05, 0.1) is 6.10 Å². The van der Waals surface area contributed by atoms with Crippen LogP contribution < -0.4 is 4.90 Å². The number of anilines is 1. The van der Waals surface area contributed by atoms with Crippen LogP contribution in [0.15, 0.2) is 24.8 Å². The van der Waals surface area contributed by atoms with Gasteiger partial charge in [-0.2, -0.15) is 0 Å². The van der Waals surface area contributed by atoms with Crippen molar-refractivity contribution in [2.24, 2.45) is 0 Å². The predicted octanol–water partition coefficient (Wildman–Crippen LogP) is 3.98. The molecule has 0 aliphatic heterocycles. The summed E-state index contributed by atoms with van der Waals surface area (Å²) in [5.74, 6) is -0.285. The zero-order chi connectivity index (χ0) is 14.8.